The van der Waals surface area contributed by atoms with Gasteiger partial charge in [0.25, 0.3) is 5.69 Å². The summed E-state index contributed by atoms with van der Waals surface area (Å²) in [6.45, 7) is 5.44. The van der Waals surface area contributed by atoms with E-state index < -0.39 is 4.92 Å². The van der Waals surface area contributed by atoms with Gasteiger partial charge in [-0.05, 0) is 13.0 Å². The molecule has 1 aromatic heterocycles. The lowest BCUT2D eigenvalue weighted by atomic mass is 10.2. The van der Waals surface area contributed by atoms with Gasteiger partial charge < -0.3 is 9.64 Å². The number of piperazine rings is 1. The van der Waals surface area contributed by atoms with Crippen LogP contribution < -0.4 is 0 Å². The fourth-order valence-electron chi connectivity index (χ4n) is 2.78. The van der Waals surface area contributed by atoms with Crippen LogP contribution in [0.2, 0.25) is 0 Å². The maximum atomic E-state index is 11.7. The molecule has 1 aromatic carbocycles. The molecule has 9 nitrogen and oxygen atoms in total. The van der Waals surface area contributed by atoms with E-state index in [4.69, 9.17) is 4.74 Å². The van der Waals surface area contributed by atoms with E-state index in [1.165, 1.54) is 12.1 Å². The van der Waals surface area contributed by atoms with Gasteiger partial charge in [0, 0.05) is 43.7 Å². The Morgan fingerprint density at radius 2 is 2.08 bits per heavy atom. The van der Waals surface area contributed by atoms with Crippen LogP contribution in [0.1, 0.15) is 6.92 Å². The largest absolute Gasteiger partial charge is 0.450 e. The van der Waals surface area contributed by atoms with E-state index in [2.05, 4.69) is 10.00 Å². The molecule has 0 bridgehead atoms. The van der Waals surface area contributed by atoms with Crippen molar-refractivity contribution in [3.8, 4) is 0 Å². The first kappa shape index (κ1) is 16.2. The number of nitrogens with zero attached hydrogens (tertiary/aromatic N) is 5. The Labute approximate surface area is 138 Å². The molecule has 3 rings (SSSR count). The predicted molar refractivity (Wildman–Crippen MR) is 86.6 cm³/mol. The lowest BCUT2D eigenvalue weighted by Crippen LogP contribution is -2.49. The zero-order valence-electron chi connectivity index (χ0n) is 13.4. The van der Waals surface area contributed by atoms with Crippen molar-refractivity contribution in [1.29, 1.82) is 0 Å². The minimum atomic E-state index is -0.411. The molecule has 0 unspecified atom stereocenters. The Morgan fingerprint density at radius 3 is 2.75 bits per heavy atom. The quantitative estimate of drug-likeness (QED) is 0.624. The first-order valence-corrected chi connectivity index (χ1v) is 7.82. The number of rotatable bonds is 4. The van der Waals surface area contributed by atoms with Crippen molar-refractivity contribution in [2.75, 3.05) is 32.8 Å². The molecule has 0 aliphatic carbocycles. The number of carbonyl (C=O) groups excluding carboxylic acids is 1. The molecule has 24 heavy (non-hydrogen) atoms. The van der Waals surface area contributed by atoms with Crippen LogP contribution in [0.25, 0.3) is 10.9 Å². The second-order valence-electron chi connectivity index (χ2n) is 5.59. The Kier molecular flexibility index (Phi) is 4.61. The van der Waals surface area contributed by atoms with E-state index in [1.54, 1.807) is 24.1 Å². The first-order valence-electron chi connectivity index (χ1n) is 7.82. The van der Waals surface area contributed by atoms with Gasteiger partial charge in [-0.2, -0.15) is 5.10 Å². The monoisotopic (exact) mass is 333 g/mol. The van der Waals surface area contributed by atoms with Crippen molar-refractivity contribution in [1.82, 2.24) is 19.6 Å². The van der Waals surface area contributed by atoms with Gasteiger partial charge >= 0.3 is 6.09 Å². The number of nitro groups is 1. The molecule has 128 valence electrons. The van der Waals surface area contributed by atoms with Crippen molar-refractivity contribution in [3.05, 3.63) is 34.5 Å². The smallest absolute Gasteiger partial charge is 0.409 e. The summed E-state index contributed by atoms with van der Waals surface area (Å²) >= 11 is 0. The van der Waals surface area contributed by atoms with Gasteiger partial charge in [0.2, 0.25) is 0 Å². The molecule has 0 saturated carbocycles. The molecule has 0 spiro atoms. The van der Waals surface area contributed by atoms with Crippen LogP contribution in [0, 0.1) is 10.1 Å². The SMILES string of the molecule is CCOC(=O)N1CCN(Cn2ncc3cc([N+](=O)[O-])ccc32)CC1. The van der Waals surface area contributed by atoms with Crippen LogP contribution in [0.15, 0.2) is 24.4 Å². The molecule has 1 saturated heterocycles. The third-order valence-electron chi connectivity index (χ3n) is 4.07. The van der Waals surface area contributed by atoms with E-state index in [0.717, 1.165) is 24.0 Å². The van der Waals surface area contributed by atoms with E-state index in [9.17, 15) is 14.9 Å². The number of amides is 1. The number of ether oxygens (including phenoxy) is 1. The second-order valence-corrected chi connectivity index (χ2v) is 5.59. The molecule has 1 fully saturated rings. The van der Waals surface area contributed by atoms with E-state index >= 15 is 0 Å². The minimum absolute atomic E-state index is 0.0603. The topological polar surface area (TPSA) is 93.7 Å². The van der Waals surface area contributed by atoms with Crippen molar-refractivity contribution in [2.45, 2.75) is 13.6 Å². The molecule has 2 aromatic rings. The number of hydrogen-bond donors (Lipinski definition) is 0. The van der Waals surface area contributed by atoms with Crippen LogP contribution in [-0.2, 0) is 11.4 Å². The van der Waals surface area contributed by atoms with Crippen molar-refractivity contribution < 1.29 is 14.5 Å². The summed E-state index contributed by atoms with van der Waals surface area (Å²) in [5.74, 6) is 0. The molecule has 1 aliphatic heterocycles. The third kappa shape index (κ3) is 3.30. The predicted octanol–water partition coefficient (Wildman–Crippen LogP) is 1.68. The van der Waals surface area contributed by atoms with Crippen molar-refractivity contribution in [3.63, 3.8) is 0 Å². The molecule has 1 amide bonds. The average Bonchev–Trinajstić information content (AvgIpc) is 2.98. The minimum Gasteiger partial charge on any atom is -0.450 e. The fraction of sp³-hybridized carbons (Fsp3) is 0.467. The summed E-state index contributed by atoms with van der Waals surface area (Å²) in [7, 11) is 0. The summed E-state index contributed by atoms with van der Waals surface area (Å²) in [5.41, 5.74) is 0.915. The Balaban J connectivity index is 1.64. The van der Waals surface area contributed by atoms with Gasteiger partial charge in [-0.1, -0.05) is 0 Å². The standard InChI is InChI=1S/C15H19N5O4/c1-2-24-15(21)18-7-5-17(6-8-18)11-19-14-4-3-13(20(22)23)9-12(14)10-16-19/h3-4,9-10H,2,5-8,11H2,1H3. The number of benzene rings is 1. The zero-order chi connectivity index (χ0) is 17.1. The zero-order valence-corrected chi connectivity index (χ0v) is 13.4. The number of fused-ring (bicyclic) bond motifs is 1. The molecule has 0 N–H and O–H groups in total. The number of carbonyl (C=O) groups is 1. The van der Waals surface area contributed by atoms with Crippen LogP contribution >= 0.6 is 0 Å². The van der Waals surface area contributed by atoms with Gasteiger partial charge in [0.05, 0.1) is 29.9 Å². The highest BCUT2D eigenvalue weighted by Crippen LogP contribution is 2.21. The van der Waals surface area contributed by atoms with Crippen molar-refractivity contribution in [2.24, 2.45) is 0 Å². The molecular weight excluding hydrogens is 314 g/mol. The maximum absolute atomic E-state index is 11.7. The number of aromatic nitrogens is 2. The average molecular weight is 333 g/mol. The Hall–Kier alpha value is -2.68. The summed E-state index contributed by atoms with van der Waals surface area (Å²) < 4.78 is 6.83. The van der Waals surface area contributed by atoms with Crippen LogP contribution in [0.4, 0.5) is 10.5 Å². The highest BCUT2D eigenvalue weighted by atomic mass is 16.6. The van der Waals surface area contributed by atoms with Crippen molar-refractivity contribution >= 4 is 22.7 Å². The van der Waals surface area contributed by atoms with E-state index in [1.807, 2.05) is 4.68 Å². The lowest BCUT2D eigenvalue weighted by molar-refractivity contribution is -0.384. The number of non-ortho nitro benzene ring substituents is 1. The van der Waals surface area contributed by atoms with Crippen LogP contribution in [-0.4, -0.2) is 63.4 Å². The summed E-state index contributed by atoms with van der Waals surface area (Å²) in [6, 6.07) is 4.73. The third-order valence-corrected chi connectivity index (χ3v) is 4.07. The van der Waals surface area contributed by atoms with Gasteiger partial charge in [-0.3, -0.25) is 19.7 Å². The van der Waals surface area contributed by atoms with E-state index in [-0.39, 0.29) is 11.8 Å². The molecular formula is C15H19N5O4. The highest BCUT2D eigenvalue weighted by Gasteiger charge is 2.22. The summed E-state index contributed by atoms with van der Waals surface area (Å²) in [6.07, 6.45) is 1.37. The number of nitro benzene ring substituents is 1. The van der Waals surface area contributed by atoms with Gasteiger partial charge in [-0.15, -0.1) is 0 Å². The fourth-order valence-corrected chi connectivity index (χ4v) is 2.78. The molecule has 0 radical (unpaired) electrons. The van der Waals surface area contributed by atoms with Gasteiger partial charge in [0.15, 0.2) is 0 Å². The summed E-state index contributed by atoms with van der Waals surface area (Å²) in [5, 5.41) is 15.9. The van der Waals surface area contributed by atoms with Crippen LogP contribution in [0.3, 0.4) is 0 Å². The Morgan fingerprint density at radius 1 is 1.33 bits per heavy atom. The van der Waals surface area contributed by atoms with Gasteiger partial charge in [0.1, 0.15) is 0 Å². The molecule has 1 aliphatic rings. The molecule has 0 atom stereocenters. The highest BCUT2D eigenvalue weighted by molar-refractivity contribution is 5.81. The van der Waals surface area contributed by atoms with Crippen LogP contribution in [0.5, 0.6) is 0 Å². The Bertz CT molecular complexity index is 751. The second kappa shape index (κ2) is 6.83. The maximum Gasteiger partial charge on any atom is 0.409 e. The number of hydrogen-bond acceptors (Lipinski definition) is 6. The molecule has 9 heteroatoms. The first-order chi connectivity index (χ1) is 11.6. The van der Waals surface area contributed by atoms with E-state index in [0.29, 0.717) is 26.4 Å². The summed E-state index contributed by atoms with van der Waals surface area (Å²) in [4.78, 5) is 26.0. The normalized spacial score (nSPS) is 15.6. The van der Waals surface area contributed by atoms with Gasteiger partial charge in [-0.25, -0.2) is 4.79 Å². The lowest BCUT2D eigenvalue weighted by Gasteiger charge is -2.33. The molecule has 2 heterocycles.